The fourth-order valence-corrected chi connectivity index (χ4v) is 2.62. The first kappa shape index (κ1) is 12.6. The number of hydrazine groups is 1. The van der Waals surface area contributed by atoms with Crippen LogP contribution >= 0.6 is 0 Å². The molecule has 17 heavy (non-hydrogen) atoms. The van der Waals surface area contributed by atoms with Crippen molar-refractivity contribution in [3.05, 3.63) is 34.9 Å². The lowest BCUT2D eigenvalue weighted by Gasteiger charge is -2.31. The zero-order valence-corrected chi connectivity index (χ0v) is 10.7. The average molecular weight is 234 g/mol. The predicted molar refractivity (Wildman–Crippen MR) is 69.5 cm³/mol. The zero-order chi connectivity index (χ0) is 12.3. The molecule has 0 aromatic heterocycles. The topological polar surface area (TPSA) is 47.3 Å². The van der Waals surface area contributed by atoms with E-state index in [0.29, 0.717) is 5.92 Å². The van der Waals surface area contributed by atoms with Gasteiger partial charge in [0.15, 0.2) is 0 Å². The summed E-state index contributed by atoms with van der Waals surface area (Å²) in [6, 6.07) is 6.82. The van der Waals surface area contributed by atoms with E-state index in [-0.39, 0.29) is 6.04 Å². The molecular weight excluding hydrogens is 212 g/mol. The number of nitrogens with two attached hydrogens (primary N) is 1. The van der Waals surface area contributed by atoms with Gasteiger partial charge in [-0.2, -0.15) is 0 Å². The zero-order valence-electron chi connectivity index (χ0n) is 10.7. The van der Waals surface area contributed by atoms with Crippen LogP contribution in [0, 0.1) is 19.8 Å². The van der Waals surface area contributed by atoms with E-state index in [2.05, 4.69) is 37.5 Å². The molecular formula is C14H22N2O. The second-order valence-electron chi connectivity index (χ2n) is 4.95. The molecule has 1 saturated heterocycles. The number of hydrogen-bond acceptors (Lipinski definition) is 3. The molecule has 3 N–H and O–H groups in total. The maximum atomic E-state index is 5.76. The Morgan fingerprint density at radius 1 is 1.29 bits per heavy atom. The monoisotopic (exact) mass is 234 g/mol. The number of hydrogen-bond donors (Lipinski definition) is 2. The Balaban J connectivity index is 2.24. The number of rotatable bonds is 3. The van der Waals surface area contributed by atoms with E-state index in [0.717, 1.165) is 26.1 Å². The van der Waals surface area contributed by atoms with Crippen LogP contribution in [0.15, 0.2) is 18.2 Å². The van der Waals surface area contributed by atoms with Gasteiger partial charge in [0.05, 0.1) is 0 Å². The molecule has 1 fully saturated rings. The van der Waals surface area contributed by atoms with Crippen LogP contribution in [0.3, 0.4) is 0 Å². The van der Waals surface area contributed by atoms with E-state index in [1.807, 2.05) is 0 Å². The molecule has 3 heteroatoms. The van der Waals surface area contributed by atoms with Gasteiger partial charge in [0.1, 0.15) is 0 Å². The molecule has 0 aliphatic carbocycles. The van der Waals surface area contributed by atoms with Crippen LogP contribution in [0.25, 0.3) is 0 Å². The van der Waals surface area contributed by atoms with Crippen LogP contribution in [0.2, 0.25) is 0 Å². The second kappa shape index (κ2) is 5.63. The third-order valence-corrected chi connectivity index (χ3v) is 3.69. The largest absolute Gasteiger partial charge is 0.381 e. The van der Waals surface area contributed by atoms with Crippen molar-refractivity contribution in [2.24, 2.45) is 11.8 Å². The van der Waals surface area contributed by atoms with Gasteiger partial charge in [-0.05, 0) is 43.7 Å². The molecule has 1 aromatic carbocycles. The molecule has 0 spiro atoms. The molecule has 0 saturated carbocycles. The van der Waals surface area contributed by atoms with Crippen molar-refractivity contribution < 1.29 is 4.74 Å². The summed E-state index contributed by atoms with van der Waals surface area (Å²) in [6.07, 6.45) is 2.17. The van der Waals surface area contributed by atoms with Gasteiger partial charge in [0, 0.05) is 19.3 Å². The van der Waals surface area contributed by atoms with E-state index in [1.54, 1.807) is 0 Å². The van der Waals surface area contributed by atoms with E-state index in [1.165, 1.54) is 16.7 Å². The molecule has 1 heterocycles. The highest BCUT2D eigenvalue weighted by Gasteiger charge is 2.25. The average Bonchev–Trinajstić information content (AvgIpc) is 2.36. The molecule has 3 nitrogen and oxygen atoms in total. The molecule has 0 radical (unpaired) electrons. The predicted octanol–water partition coefficient (Wildman–Crippen LogP) is 2.23. The standard InChI is InChI=1S/C14H22N2O/c1-10-3-4-11(2)13(9-10)14(16-15)12-5-7-17-8-6-12/h3-4,9,12,14,16H,5-8,15H2,1-2H3. The maximum absolute atomic E-state index is 5.76. The normalized spacial score (nSPS) is 19.2. The molecule has 0 bridgehead atoms. The van der Waals surface area contributed by atoms with Crippen molar-refractivity contribution in [3.63, 3.8) is 0 Å². The van der Waals surface area contributed by atoms with Crippen LogP contribution in [-0.2, 0) is 4.74 Å². The summed E-state index contributed by atoms with van der Waals surface area (Å²) in [4.78, 5) is 0. The Morgan fingerprint density at radius 2 is 2.00 bits per heavy atom. The molecule has 1 atom stereocenters. The third-order valence-electron chi connectivity index (χ3n) is 3.69. The van der Waals surface area contributed by atoms with Crippen LogP contribution in [-0.4, -0.2) is 13.2 Å². The Hall–Kier alpha value is -0.900. The summed E-state index contributed by atoms with van der Waals surface area (Å²) in [5.74, 6) is 6.34. The van der Waals surface area contributed by atoms with Gasteiger partial charge in [0.2, 0.25) is 0 Å². The number of ether oxygens (including phenoxy) is 1. The Labute approximate surface area is 103 Å². The SMILES string of the molecule is Cc1ccc(C)c(C(NN)C2CCOCC2)c1. The highest BCUT2D eigenvalue weighted by atomic mass is 16.5. The van der Waals surface area contributed by atoms with Crippen molar-refractivity contribution in [1.82, 2.24) is 5.43 Å². The summed E-state index contributed by atoms with van der Waals surface area (Å²) in [6.45, 7) is 5.99. The fourth-order valence-electron chi connectivity index (χ4n) is 2.62. The second-order valence-corrected chi connectivity index (χ2v) is 4.95. The minimum atomic E-state index is 0.249. The van der Waals surface area contributed by atoms with Gasteiger partial charge in [0.25, 0.3) is 0 Å². The first-order chi connectivity index (χ1) is 8.22. The first-order valence-electron chi connectivity index (χ1n) is 6.33. The van der Waals surface area contributed by atoms with Crippen molar-refractivity contribution in [1.29, 1.82) is 0 Å². The smallest absolute Gasteiger partial charge is 0.0492 e. The van der Waals surface area contributed by atoms with E-state index in [9.17, 15) is 0 Å². The summed E-state index contributed by atoms with van der Waals surface area (Å²) in [7, 11) is 0. The number of nitrogens with one attached hydrogen (secondary N) is 1. The lowest BCUT2D eigenvalue weighted by atomic mass is 9.85. The van der Waals surface area contributed by atoms with Crippen molar-refractivity contribution in [2.75, 3.05) is 13.2 Å². The number of benzene rings is 1. The van der Waals surface area contributed by atoms with Gasteiger partial charge in [-0.1, -0.05) is 23.8 Å². The van der Waals surface area contributed by atoms with Crippen LogP contribution < -0.4 is 11.3 Å². The van der Waals surface area contributed by atoms with Crippen molar-refractivity contribution >= 4 is 0 Å². The molecule has 1 aliphatic rings. The van der Waals surface area contributed by atoms with Gasteiger partial charge in [-0.3, -0.25) is 11.3 Å². The van der Waals surface area contributed by atoms with Gasteiger partial charge in [-0.25, -0.2) is 0 Å². The Morgan fingerprint density at radius 3 is 2.65 bits per heavy atom. The third kappa shape index (κ3) is 2.86. The van der Waals surface area contributed by atoms with Crippen molar-refractivity contribution in [2.45, 2.75) is 32.7 Å². The summed E-state index contributed by atoms with van der Waals surface area (Å²) < 4.78 is 5.42. The maximum Gasteiger partial charge on any atom is 0.0492 e. The lowest BCUT2D eigenvalue weighted by molar-refractivity contribution is 0.0535. The quantitative estimate of drug-likeness (QED) is 0.623. The van der Waals surface area contributed by atoms with Crippen LogP contribution in [0.5, 0.6) is 0 Å². The first-order valence-corrected chi connectivity index (χ1v) is 6.33. The van der Waals surface area contributed by atoms with E-state index in [4.69, 9.17) is 10.6 Å². The summed E-state index contributed by atoms with van der Waals surface area (Å²) in [5, 5.41) is 0. The fraction of sp³-hybridized carbons (Fsp3) is 0.571. The molecule has 1 aromatic rings. The molecule has 94 valence electrons. The minimum absolute atomic E-state index is 0.249. The highest BCUT2D eigenvalue weighted by Crippen LogP contribution is 2.31. The van der Waals surface area contributed by atoms with E-state index < -0.39 is 0 Å². The molecule has 1 aliphatic heterocycles. The molecule has 1 unspecified atom stereocenters. The summed E-state index contributed by atoms with van der Waals surface area (Å²) >= 11 is 0. The molecule has 2 rings (SSSR count). The Bertz CT molecular complexity index is 372. The van der Waals surface area contributed by atoms with Crippen LogP contribution in [0.1, 0.15) is 35.6 Å². The number of aryl methyl sites for hydroxylation is 2. The highest BCUT2D eigenvalue weighted by molar-refractivity contribution is 5.33. The van der Waals surface area contributed by atoms with Crippen LogP contribution in [0.4, 0.5) is 0 Å². The van der Waals surface area contributed by atoms with Gasteiger partial charge in [-0.15, -0.1) is 0 Å². The Kier molecular flexibility index (Phi) is 4.15. The van der Waals surface area contributed by atoms with Gasteiger partial charge >= 0.3 is 0 Å². The summed E-state index contributed by atoms with van der Waals surface area (Å²) in [5.41, 5.74) is 6.93. The van der Waals surface area contributed by atoms with E-state index >= 15 is 0 Å². The lowest BCUT2D eigenvalue weighted by Crippen LogP contribution is -2.36. The van der Waals surface area contributed by atoms with Gasteiger partial charge < -0.3 is 4.74 Å². The minimum Gasteiger partial charge on any atom is -0.381 e. The molecule has 0 amide bonds. The van der Waals surface area contributed by atoms with Crippen molar-refractivity contribution in [3.8, 4) is 0 Å².